The Labute approximate surface area is 127 Å². The fourth-order valence-electron chi connectivity index (χ4n) is 2.92. The van der Waals surface area contributed by atoms with Crippen molar-refractivity contribution >= 4 is 5.97 Å². The molecule has 0 aromatic heterocycles. The number of hydrogen-bond acceptors (Lipinski definition) is 4. The average Bonchev–Trinajstić information content (AvgIpc) is 2.54. The Hall–Kier alpha value is -1.39. The Kier molecular flexibility index (Phi) is 5.76. The second kappa shape index (κ2) is 7.57. The third kappa shape index (κ3) is 4.05. The van der Waals surface area contributed by atoms with Gasteiger partial charge in [-0.2, -0.15) is 0 Å². The van der Waals surface area contributed by atoms with Gasteiger partial charge < -0.3 is 15.0 Å². The number of rotatable bonds is 6. The summed E-state index contributed by atoms with van der Waals surface area (Å²) < 4.78 is 5.22. The zero-order valence-corrected chi connectivity index (χ0v) is 13.1. The van der Waals surface area contributed by atoms with Crippen LogP contribution in [0.3, 0.4) is 0 Å². The second-order valence-corrected chi connectivity index (χ2v) is 5.63. The molecule has 1 fully saturated rings. The van der Waals surface area contributed by atoms with Crippen LogP contribution in [0.5, 0.6) is 0 Å². The summed E-state index contributed by atoms with van der Waals surface area (Å²) in [6.45, 7) is 5.22. The second-order valence-electron chi connectivity index (χ2n) is 5.63. The maximum atomic E-state index is 12.1. The summed E-state index contributed by atoms with van der Waals surface area (Å²) in [6, 6.07) is 10.5. The molecule has 1 aromatic carbocycles. The van der Waals surface area contributed by atoms with Gasteiger partial charge in [0.15, 0.2) is 0 Å². The summed E-state index contributed by atoms with van der Waals surface area (Å²) in [4.78, 5) is 14.6. The first-order chi connectivity index (χ1) is 10.2. The number of hydrogen-bond donors (Lipinski definition) is 1. The van der Waals surface area contributed by atoms with Gasteiger partial charge >= 0.3 is 5.97 Å². The van der Waals surface area contributed by atoms with E-state index in [2.05, 4.69) is 34.5 Å². The number of benzene rings is 1. The monoisotopic (exact) mass is 290 g/mol. The molecule has 1 heterocycles. The third-order valence-electron chi connectivity index (χ3n) is 4.41. The molecule has 1 N–H and O–H groups in total. The van der Waals surface area contributed by atoms with Crippen molar-refractivity contribution in [2.45, 2.75) is 31.7 Å². The lowest BCUT2D eigenvalue weighted by Gasteiger charge is -2.39. The SMILES string of the molecule is CCOC(=O)C1(NC)CCN(CCc2ccccc2)CC1. The van der Waals surface area contributed by atoms with E-state index in [1.807, 2.05) is 20.0 Å². The largest absolute Gasteiger partial charge is 0.465 e. The quantitative estimate of drug-likeness (QED) is 0.812. The van der Waals surface area contributed by atoms with Gasteiger partial charge in [0.1, 0.15) is 5.54 Å². The molecule has 4 nitrogen and oxygen atoms in total. The van der Waals surface area contributed by atoms with Gasteiger partial charge in [-0.3, -0.25) is 4.79 Å². The van der Waals surface area contributed by atoms with Gasteiger partial charge in [0.25, 0.3) is 0 Å². The van der Waals surface area contributed by atoms with Crippen molar-refractivity contribution in [3.63, 3.8) is 0 Å². The van der Waals surface area contributed by atoms with Crippen LogP contribution in [-0.4, -0.2) is 49.7 Å². The highest BCUT2D eigenvalue weighted by Crippen LogP contribution is 2.23. The Morgan fingerprint density at radius 3 is 2.52 bits per heavy atom. The maximum Gasteiger partial charge on any atom is 0.326 e. The molecule has 2 rings (SSSR count). The highest BCUT2D eigenvalue weighted by Gasteiger charge is 2.41. The van der Waals surface area contributed by atoms with Gasteiger partial charge in [-0.25, -0.2) is 0 Å². The van der Waals surface area contributed by atoms with Crippen molar-refractivity contribution in [1.82, 2.24) is 10.2 Å². The summed E-state index contributed by atoms with van der Waals surface area (Å²) in [6.07, 6.45) is 2.70. The van der Waals surface area contributed by atoms with E-state index in [-0.39, 0.29) is 5.97 Å². The molecule has 0 atom stereocenters. The zero-order valence-electron chi connectivity index (χ0n) is 13.1. The first-order valence-corrected chi connectivity index (χ1v) is 7.82. The number of carbonyl (C=O) groups excluding carboxylic acids is 1. The van der Waals surface area contributed by atoms with Crippen LogP contribution >= 0.6 is 0 Å². The van der Waals surface area contributed by atoms with Crippen molar-refractivity contribution < 1.29 is 9.53 Å². The summed E-state index contributed by atoms with van der Waals surface area (Å²) in [5, 5.41) is 3.20. The van der Waals surface area contributed by atoms with Crippen LogP contribution in [0.15, 0.2) is 30.3 Å². The highest BCUT2D eigenvalue weighted by atomic mass is 16.5. The van der Waals surface area contributed by atoms with Crippen molar-refractivity contribution in [1.29, 1.82) is 0 Å². The number of ether oxygens (including phenoxy) is 1. The van der Waals surface area contributed by atoms with Crippen molar-refractivity contribution in [3.8, 4) is 0 Å². The minimum absolute atomic E-state index is 0.102. The maximum absolute atomic E-state index is 12.1. The van der Waals surface area contributed by atoms with Gasteiger partial charge in [-0.1, -0.05) is 30.3 Å². The van der Waals surface area contributed by atoms with Gasteiger partial charge in [0, 0.05) is 19.6 Å². The summed E-state index contributed by atoms with van der Waals surface area (Å²) in [5.41, 5.74) is 0.882. The zero-order chi connectivity index (χ0) is 15.1. The predicted molar refractivity (Wildman–Crippen MR) is 84.2 cm³/mol. The third-order valence-corrected chi connectivity index (χ3v) is 4.41. The lowest BCUT2D eigenvalue weighted by molar-refractivity contribution is -0.153. The van der Waals surface area contributed by atoms with E-state index in [1.54, 1.807) is 0 Å². The molecule has 4 heteroatoms. The smallest absolute Gasteiger partial charge is 0.326 e. The van der Waals surface area contributed by atoms with Crippen LogP contribution in [0, 0.1) is 0 Å². The van der Waals surface area contributed by atoms with Gasteiger partial charge in [-0.15, -0.1) is 0 Å². The van der Waals surface area contributed by atoms with E-state index in [1.165, 1.54) is 5.56 Å². The molecule has 1 aliphatic heterocycles. The fraction of sp³-hybridized carbons (Fsp3) is 0.588. The number of esters is 1. The molecule has 0 saturated carbocycles. The summed E-state index contributed by atoms with van der Waals surface area (Å²) in [5.74, 6) is -0.102. The number of piperidine rings is 1. The van der Waals surface area contributed by atoms with Crippen LogP contribution in [0.2, 0.25) is 0 Å². The van der Waals surface area contributed by atoms with E-state index in [9.17, 15) is 4.79 Å². The molecule has 1 aliphatic rings. The fourth-order valence-corrected chi connectivity index (χ4v) is 2.92. The van der Waals surface area contributed by atoms with Gasteiger partial charge in [-0.05, 0) is 38.8 Å². The van der Waals surface area contributed by atoms with E-state index >= 15 is 0 Å². The van der Waals surface area contributed by atoms with E-state index in [0.29, 0.717) is 6.61 Å². The minimum atomic E-state index is -0.487. The van der Waals surface area contributed by atoms with E-state index in [4.69, 9.17) is 4.74 Å². The normalized spacial score (nSPS) is 18.4. The van der Waals surface area contributed by atoms with Gasteiger partial charge in [0.2, 0.25) is 0 Å². The molecule has 0 radical (unpaired) electrons. The van der Waals surface area contributed by atoms with E-state index < -0.39 is 5.54 Å². The molecule has 0 unspecified atom stereocenters. The summed E-state index contributed by atoms with van der Waals surface area (Å²) >= 11 is 0. The van der Waals surface area contributed by atoms with Gasteiger partial charge in [0.05, 0.1) is 6.61 Å². The number of likely N-dealkylation sites (tertiary alicyclic amines) is 1. The standard InChI is InChI=1S/C17H26N2O2/c1-3-21-16(20)17(18-2)10-13-19(14-11-17)12-9-15-7-5-4-6-8-15/h4-8,18H,3,9-14H2,1-2H3. The Morgan fingerprint density at radius 1 is 1.29 bits per heavy atom. The van der Waals surface area contributed by atoms with Crippen LogP contribution < -0.4 is 5.32 Å². The molecule has 1 aromatic rings. The number of nitrogens with one attached hydrogen (secondary N) is 1. The number of likely N-dealkylation sites (N-methyl/N-ethyl adjacent to an activating group) is 1. The molecule has 0 bridgehead atoms. The van der Waals surface area contributed by atoms with Crippen LogP contribution in [0.1, 0.15) is 25.3 Å². The lowest BCUT2D eigenvalue weighted by atomic mass is 9.87. The van der Waals surface area contributed by atoms with Crippen LogP contribution in [0.25, 0.3) is 0 Å². The molecule has 21 heavy (non-hydrogen) atoms. The molecular weight excluding hydrogens is 264 g/mol. The summed E-state index contributed by atoms with van der Waals surface area (Å²) in [7, 11) is 1.86. The Morgan fingerprint density at radius 2 is 1.95 bits per heavy atom. The van der Waals surface area contributed by atoms with E-state index in [0.717, 1.165) is 38.9 Å². The minimum Gasteiger partial charge on any atom is -0.465 e. The van der Waals surface area contributed by atoms with Crippen LogP contribution in [0.4, 0.5) is 0 Å². The predicted octanol–water partition coefficient (Wildman–Crippen LogP) is 1.85. The Bertz CT molecular complexity index is 439. The first-order valence-electron chi connectivity index (χ1n) is 7.82. The average molecular weight is 290 g/mol. The molecular formula is C17H26N2O2. The molecule has 1 saturated heterocycles. The van der Waals surface area contributed by atoms with Crippen molar-refractivity contribution in [2.75, 3.05) is 33.3 Å². The number of nitrogens with zero attached hydrogens (tertiary/aromatic N) is 1. The van der Waals surface area contributed by atoms with Crippen molar-refractivity contribution in [3.05, 3.63) is 35.9 Å². The van der Waals surface area contributed by atoms with Crippen LogP contribution in [-0.2, 0) is 16.0 Å². The molecule has 0 amide bonds. The highest BCUT2D eigenvalue weighted by molar-refractivity contribution is 5.81. The first kappa shape index (κ1) is 16.0. The molecule has 0 spiro atoms. The Balaban J connectivity index is 1.83. The number of carbonyl (C=O) groups is 1. The molecule has 0 aliphatic carbocycles. The lowest BCUT2D eigenvalue weighted by Crippen LogP contribution is -2.58. The topological polar surface area (TPSA) is 41.6 Å². The van der Waals surface area contributed by atoms with Crippen molar-refractivity contribution in [2.24, 2.45) is 0 Å². The molecule has 116 valence electrons.